The van der Waals surface area contributed by atoms with Gasteiger partial charge in [0.15, 0.2) is 11.4 Å². The van der Waals surface area contributed by atoms with E-state index in [0.717, 1.165) is 0 Å². The van der Waals surface area contributed by atoms with Gasteiger partial charge in [0, 0.05) is 36.0 Å². The van der Waals surface area contributed by atoms with Crippen LogP contribution in [0, 0.1) is 11.8 Å². The van der Waals surface area contributed by atoms with Crippen LogP contribution in [0.1, 0.15) is 59.8 Å². The normalized spacial score (nSPS) is 25.0. The quantitative estimate of drug-likeness (QED) is 0.272. The summed E-state index contributed by atoms with van der Waals surface area (Å²) in [6.45, 7) is 5.60. The van der Waals surface area contributed by atoms with E-state index in [0.29, 0.717) is 22.3 Å². The molecule has 0 saturated heterocycles. The lowest BCUT2D eigenvalue weighted by atomic mass is 9.57. The highest BCUT2D eigenvalue weighted by Crippen LogP contribution is 2.54. The monoisotopic (exact) mass is 604 g/mol. The van der Waals surface area contributed by atoms with Crippen molar-refractivity contribution in [1.82, 2.24) is 15.2 Å². The first-order chi connectivity index (χ1) is 20.5. The smallest absolute Gasteiger partial charge is 0.255 e. The number of aliphatic hydroxyl groups excluding tert-OH is 2. The lowest BCUT2D eigenvalue weighted by Gasteiger charge is -2.50. The number of aromatic nitrogens is 1. The number of hydrogen-bond acceptors (Lipinski definition) is 10. The molecule has 0 aliphatic heterocycles. The Bertz CT molecular complexity index is 1670. The molecule has 2 aromatic rings. The van der Waals surface area contributed by atoms with Crippen LogP contribution in [-0.4, -0.2) is 79.4 Å². The number of aromatic hydroxyl groups is 1. The van der Waals surface area contributed by atoms with Gasteiger partial charge in [-0.1, -0.05) is 20.8 Å². The second-order valence-corrected chi connectivity index (χ2v) is 12.9. The molecule has 1 saturated carbocycles. The van der Waals surface area contributed by atoms with Gasteiger partial charge in [-0.25, -0.2) is 0 Å². The molecule has 5 rings (SSSR count). The number of carbonyl (C=O) groups excluding carboxylic acids is 4. The third kappa shape index (κ3) is 4.56. The van der Waals surface area contributed by atoms with Gasteiger partial charge in [-0.3, -0.25) is 29.1 Å². The summed E-state index contributed by atoms with van der Waals surface area (Å²) in [5.41, 5.74) is 2.82. The maximum Gasteiger partial charge on any atom is 0.255 e. The topological polar surface area (TPSA) is 203 Å². The molecule has 44 heavy (non-hydrogen) atoms. The molecule has 7 N–H and O–H groups in total. The van der Waals surface area contributed by atoms with E-state index in [2.05, 4.69) is 10.3 Å². The summed E-state index contributed by atoms with van der Waals surface area (Å²) in [5, 5.41) is 48.9. The standard InChI is InChI=1S/C32H36N4O8/c1-31(2,3)19-11-16(13-35-30(43)14-7-6-8-34-12-14)17-9-15-10-18-23(36(4)5)26(39)22(29(33)42)28(41)32(18,44)27(40)20(15)25(38)21(17)24(19)37/h6-8,11-12,15,18,23,37-38,41,44H,9-10,13H2,1-5H3,(H2,33,42)(H,35,43)/t15-,18+,23+,32+/m1/s1. The van der Waals surface area contributed by atoms with Crippen molar-refractivity contribution in [3.8, 4) is 5.75 Å². The van der Waals surface area contributed by atoms with Crippen LogP contribution in [0.3, 0.4) is 0 Å². The fraction of sp³-hybridized carbons (Fsp3) is 0.406. The lowest BCUT2D eigenvalue weighted by molar-refractivity contribution is -0.153. The Morgan fingerprint density at radius 1 is 1.18 bits per heavy atom. The Labute approximate surface area is 253 Å². The fourth-order valence-electron chi connectivity index (χ4n) is 6.89. The van der Waals surface area contributed by atoms with Gasteiger partial charge < -0.3 is 31.5 Å². The van der Waals surface area contributed by atoms with Crippen molar-refractivity contribution in [2.24, 2.45) is 17.6 Å². The summed E-state index contributed by atoms with van der Waals surface area (Å²) in [4.78, 5) is 58.0. The summed E-state index contributed by atoms with van der Waals surface area (Å²) in [6, 6.07) is 3.83. The zero-order valence-corrected chi connectivity index (χ0v) is 25.1. The van der Waals surface area contributed by atoms with Crippen molar-refractivity contribution < 1.29 is 39.6 Å². The highest BCUT2D eigenvalue weighted by Gasteiger charge is 2.64. The molecule has 1 aromatic heterocycles. The molecule has 0 unspecified atom stereocenters. The van der Waals surface area contributed by atoms with Gasteiger partial charge in [0.05, 0.1) is 17.2 Å². The molecule has 1 aromatic carbocycles. The Morgan fingerprint density at radius 2 is 1.86 bits per heavy atom. The number of primary amides is 1. The first-order valence-electron chi connectivity index (χ1n) is 14.2. The predicted octanol–water partition coefficient (Wildman–Crippen LogP) is 1.59. The minimum absolute atomic E-state index is 0.0145. The van der Waals surface area contributed by atoms with Gasteiger partial charge in [-0.2, -0.15) is 0 Å². The SMILES string of the molecule is CN(C)[C@@H]1C(=O)C(C(N)=O)=C(O)[C@@]2(O)C(=O)C3=C(O)c4c(O)c(C(C)(C)C)cc(CNC(=O)c5cccnc5)c4C[C@@H]3C[C@@H]12. The number of amides is 2. The van der Waals surface area contributed by atoms with Crippen LogP contribution in [0.2, 0.25) is 0 Å². The summed E-state index contributed by atoms with van der Waals surface area (Å²) < 4.78 is 0. The number of hydrogen-bond donors (Lipinski definition) is 6. The fourth-order valence-corrected chi connectivity index (χ4v) is 6.89. The number of ketones is 2. The Balaban J connectivity index is 1.68. The van der Waals surface area contributed by atoms with E-state index >= 15 is 0 Å². The van der Waals surface area contributed by atoms with E-state index in [-0.39, 0.29) is 42.2 Å². The third-order valence-electron chi connectivity index (χ3n) is 8.98. The molecule has 1 fully saturated rings. The maximum absolute atomic E-state index is 14.2. The van der Waals surface area contributed by atoms with Gasteiger partial charge in [-0.15, -0.1) is 0 Å². The number of phenols is 1. The molecule has 1 heterocycles. The lowest BCUT2D eigenvalue weighted by Crippen LogP contribution is -2.65. The molecular weight excluding hydrogens is 568 g/mol. The van der Waals surface area contributed by atoms with Crippen molar-refractivity contribution in [1.29, 1.82) is 0 Å². The molecule has 0 spiro atoms. The van der Waals surface area contributed by atoms with Crippen molar-refractivity contribution in [2.75, 3.05) is 14.1 Å². The third-order valence-corrected chi connectivity index (χ3v) is 8.98. The predicted molar refractivity (Wildman–Crippen MR) is 158 cm³/mol. The Morgan fingerprint density at radius 3 is 2.43 bits per heavy atom. The van der Waals surface area contributed by atoms with E-state index in [1.165, 1.54) is 11.1 Å². The van der Waals surface area contributed by atoms with Crippen LogP contribution in [0.4, 0.5) is 0 Å². The number of Topliss-reactive ketones (excluding diaryl/α,β-unsaturated/α-hetero) is 2. The molecule has 4 atom stereocenters. The van der Waals surface area contributed by atoms with Gasteiger partial charge in [0.25, 0.3) is 11.8 Å². The number of nitrogens with one attached hydrogen (secondary N) is 1. The number of rotatable bonds is 5. The van der Waals surface area contributed by atoms with Gasteiger partial charge in [0.2, 0.25) is 5.78 Å². The van der Waals surface area contributed by atoms with Crippen LogP contribution >= 0.6 is 0 Å². The number of phenolic OH excluding ortho intramolecular Hbond substituents is 1. The number of aliphatic hydroxyl groups is 3. The second-order valence-electron chi connectivity index (χ2n) is 12.9. The summed E-state index contributed by atoms with van der Waals surface area (Å²) in [6.07, 6.45) is 3.06. The number of fused-ring (bicyclic) bond motifs is 3. The number of nitrogens with two attached hydrogens (primary N) is 1. The van der Waals surface area contributed by atoms with Crippen LogP contribution in [0.25, 0.3) is 5.76 Å². The highest BCUT2D eigenvalue weighted by molar-refractivity contribution is 6.24. The molecule has 3 aliphatic rings. The highest BCUT2D eigenvalue weighted by atomic mass is 16.3. The summed E-state index contributed by atoms with van der Waals surface area (Å²) in [7, 11) is 3.09. The number of pyridine rings is 1. The average molecular weight is 605 g/mol. The Kier molecular flexibility index (Phi) is 7.42. The van der Waals surface area contributed by atoms with Gasteiger partial charge in [0.1, 0.15) is 22.8 Å². The number of nitrogens with zero attached hydrogens (tertiary/aromatic N) is 2. The zero-order valence-electron chi connectivity index (χ0n) is 25.1. The molecule has 12 heteroatoms. The number of carbonyl (C=O) groups is 4. The average Bonchev–Trinajstić information content (AvgIpc) is 2.93. The van der Waals surface area contributed by atoms with Crippen LogP contribution in [0.5, 0.6) is 5.75 Å². The van der Waals surface area contributed by atoms with Crippen molar-refractivity contribution >= 4 is 29.1 Å². The van der Waals surface area contributed by atoms with Crippen LogP contribution in [-0.2, 0) is 32.8 Å². The molecule has 2 amide bonds. The van der Waals surface area contributed by atoms with Gasteiger partial charge >= 0.3 is 0 Å². The van der Waals surface area contributed by atoms with Crippen molar-refractivity contribution in [3.63, 3.8) is 0 Å². The summed E-state index contributed by atoms with van der Waals surface area (Å²) in [5.74, 6) is -7.46. The van der Waals surface area contributed by atoms with E-state index in [1.54, 1.807) is 38.5 Å². The molecular formula is C32H36N4O8. The van der Waals surface area contributed by atoms with Crippen LogP contribution in [0.15, 0.2) is 47.5 Å². The van der Waals surface area contributed by atoms with Gasteiger partial charge in [-0.05, 0) is 67.6 Å². The van der Waals surface area contributed by atoms with E-state index in [9.17, 15) is 39.6 Å². The number of likely N-dealkylation sites (N-methyl/N-ethyl adjacent to an activating group) is 1. The maximum atomic E-state index is 14.2. The Hall–Kier alpha value is -4.55. The molecule has 0 radical (unpaired) electrons. The molecule has 0 bridgehead atoms. The zero-order chi connectivity index (χ0) is 32.5. The second kappa shape index (κ2) is 10.6. The van der Waals surface area contributed by atoms with Crippen LogP contribution < -0.4 is 11.1 Å². The molecule has 3 aliphatic carbocycles. The minimum Gasteiger partial charge on any atom is -0.508 e. The van der Waals surface area contributed by atoms with E-state index in [4.69, 9.17) is 5.73 Å². The van der Waals surface area contributed by atoms with Crippen molar-refractivity contribution in [3.05, 3.63) is 75.3 Å². The molecule has 12 nitrogen and oxygen atoms in total. The largest absolute Gasteiger partial charge is 0.508 e. The van der Waals surface area contributed by atoms with E-state index < -0.39 is 63.5 Å². The van der Waals surface area contributed by atoms with Crippen molar-refractivity contribution in [2.45, 2.75) is 57.2 Å². The first kappa shape index (κ1) is 30.9. The summed E-state index contributed by atoms with van der Waals surface area (Å²) >= 11 is 0. The van der Waals surface area contributed by atoms with E-state index in [1.807, 2.05) is 20.8 Å². The number of benzene rings is 1. The molecule has 232 valence electrons. The minimum atomic E-state index is -2.72. The first-order valence-corrected chi connectivity index (χ1v) is 14.2.